The molecule has 0 N–H and O–H groups in total. The molecule has 36 heavy (non-hydrogen) atoms. The van der Waals surface area contributed by atoms with Crippen molar-refractivity contribution < 1.29 is 9.59 Å². The molecule has 0 fully saturated rings. The minimum Gasteiger partial charge on any atom is -0.328 e. The third kappa shape index (κ3) is 6.17. The normalized spacial score (nSPS) is 10.9. The zero-order valence-corrected chi connectivity index (χ0v) is 22.5. The topological polar surface area (TPSA) is 53.5 Å². The van der Waals surface area contributed by atoms with Crippen molar-refractivity contribution in [3.8, 4) is 0 Å². The Morgan fingerprint density at radius 2 is 1.03 bits per heavy atom. The van der Waals surface area contributed by atoms with E-state index in [1.165, 1.54) is 0 Å². The molecular weight excluding hydrogens is 527 g/mol. The summed E-state index contributed by atoms with van der Waals surface area (Å²) in [4.78, 5) is 39.7. The number of thiophene rings is 4. The summed E-state index contributed by atoms with van der Waals surface area (Å²) < 4.78 is 0. The number of amides is 2. The molecule has 0 saturated carbocycles. The van der Waals surface area contributed by atoms with Crippen LogP contribution in [-0.2, 0) is 26.2 Å². The van der Waals surface area contributed by atoms with E-state index in [0.29, 0.717) is 31.7 Å². The van der Waals surface area contributed by atoms with Gasteiger partial charge in [0.1, 0.15) is 5.69 Å². The number of aromatic nitrogens is 1. The second-order valence-corrected chi connectivity index (χ2v) is 12.2. The van der Waals surface area contributed by atoms with Crippen LogP contribution in [0.4, 0.5) is 0 Å². The summed E-state index contributed by atoms with van der Waals surface area (Å²) in [6.45, 7) is 2.03. The van der Waals surface area contributed by atoms with Gasteiger partial charge in [0, 0.05) is 31.3 Å². The average molecular weight is 550 g/mol. The molecule has 0 spiro atoms. The average Bonchev–Trinajstić information content (AvgIpc) is 3.71. The molecule has 5 rings (SSSR count). The van der Waals surface area contributed by atoms with E-state index >= 15 is 0 Å². The first-order valence-corrected chi connectivity index (χ1v) is 14.8. The molecular formula is C27H23N3O2S4. The van der Waals surface area contributed by atoms with E-state index in [9.17, 15) is 9.59 Å². The summed E-state index contributed by atoms with van der Waals surface area (Å²) >= 11 is 6.50. The Morgan fingerprint density at radius 1 is 0.611 bits per heavy atom. The summed E-state index contributed by atoms with van der Waals surface area (Å²) in [5, 5.41) is 8.05. The number of carbonyl (C=O) groups is 2. The van der Waals surface area contributed by atoms with Gasteiger partial charge in [0.25, 0.3) is 11.8 Å². The van der Waals surface area contributed by atoms with Gasteiger partial charge >= 0.3 is 0 Å². The lowest BCUT2D eigenvalue weighted by Gasteiger charge is -2.23. The molecule has 0 saturated heterocycles. The maximum atomic E-state index is 13.6. The SMILES string of the molecule is O=C(c1ccnc(C(=O)N(Cc2cccs2)Cc2cccs2)c1)N(Cc1cccs1)Cc1cccs1. The zero-order valence-electron chi connectivity index (χ0n) is 19.3. The predicted octanol–water partition coefficient (Wildman–Crippen LogP) is 7.01. The second kappa shape index (κ2) is 11.7. The molecule has 0 aromatic carbocycles. The maximum Gasteiger partial charge on any atom is 0.273 e. The van der Waals surface area contributed by atoms with Gasteiger partial charge in [-0.1, -0.05) is 24.3 Å². The Bertz CT molecular complexity index is 1200. The first-order valence-electron chi connectivity index (χ1n) is 11.3. The van der Waals surface area contributed by atoms with Crippen molar-refractivity contribution in [1.29, 1.82) is 0 Å². The summed E-state index contributed by atoms with van der Waals surface area (Å²) in [7, 11) is 0. The Kier molecular flexibility index (Phi) is 8.02. The van der Waals surface area contributed by atoms with Crippen molar-refractivity contribution >= 4 is 57.2 Å². The van der Waals surface area contributed by atoms with Crippen molar-refractivity contribution in [2.45, 2.75) is 26.2 Å². The number of rotatable bonds is 10. The largest absolute Gasteiger partial charge is 0.328 e. The molecule has 5 aromatic rings. The number of pyridine rings is 1. The van der Waals surface area contributed by atoms with Crippen LogP contribution in [0.1, 0.15) is 40.4 Å². The summed E-state index contributed by atoms with van der Waals surface area (Å²) in [5.41, 5.74) is 0.745. The van der Waals surface area contributed by atoms with Crippen LogP contribution in [0.15, 0.2) is 88.4 Å². The van der Waals surface area contributed by atoms with E-state index in [1.807, 2.05) is 75.0 Å². The van der Waals surface area contributed by atoms with E-state index in [4.69, 9.17) is 0 Å². The van der Waals surface area contributed by atoms with Gasteiger partial charge in [0.15, 0.2) is 0 Å². The van der Waals surface area contributed by atoms with E-state index in [-0.39, 0.29) is 17.5 Å². The Balaban J connectivity index is 1.39. The lowest BCUT2D eigenvalue weighted by molar-refractivity contribution is 0.0726. The first kappa shape index (κ1) is 24.6. The predicted molar refractivity (Wildman–Crippen MR) is 149 cm³/mol. The summed E-state index contributed by atoms with van der Waals surface area (Å²) in [6.07, 6.45) is 1.56. The van der Waals surface area contributed by atoms with Crippen molar-refractivity contribution in [3.05, 3.63) is 119 Å². The van der Waals surface area contributed by atoms with Crippen LogP contribution < -0.4 is 0 Å². The molecule has 0 bridgehead atoms. The minimum absolute atomic E-state index is 0.115. The van der Waals surface area contributed by atoms with E-state index < -0.39 is 0 Å². The molecule has 2 amide bonds. The standard InChI is InChI=1S/C27H23N3O2S4/c31-26(29(16-21-5-1-11-33-21)17-22-6-2-12-34-22)20-9-10-28-25(15-20)27(32)30(18-23-7-3-13-35-23)19-24-8-4-14-36-24/h1-15H,16-19H2. The molecule has 182 valence electrons. The molecule has 0 radical (unpaired) electrons. The number of hydrogen-bond donors (Lipinski definition) is 0. The molecule has 0 aliphatic rings. The fourth-order valence-corrected chi connectivity index (χ4v) is 6.66. The molecule has 9 heteroatoms. The fraction of sp³-hybridized carbons (Fsp3) is 0.148. The fourth-order valence-electron chi connectivity index (χ4n) is 3.79. The van der Waals surface area contributed by atoms with E-state index in [1.54, 1.807) is 68.6 Å². The van der Waals surface area contributed by atoms with E-state index in [0.717, 1.165) is 19.5 Å². The van der Waals surface area contributed by atoms with Gasteiger partial charge in [-0.05, 0) is 57.9 Å². The van der Waals surface area contributed by atoms with Crippen LogP contribution in [0.5, 0.6) is 0 Å². The molecule has 5 heterocycles. The van der Waals surface area contributed by atoms with Crippen LogP contribution in [0.2, 0.25) is 0 Å². The first-order chi connectivity index (χ1) is 17.7. The highest BCUT2D eigenvalue weighted by Crippen LogP contribution is 2.22. The molecule has 0 aliphatic heterocycles. The maximum absolute atomic E-state index is 13.6. The molecule has 0 atom stereocenters. The molecule has 5 nitrogen and oxygen atoms in total. The van der Waals surface area contributed by atoms with Gasteiger partial charge in [-0.3, -0.25) is 14.6 Å². The number of hydrogen-bond acceptors (Lipinski definition) is 7. The van der Waals surface area contributed by atoms with Crippen molar-refractivity contribution in [3.63, 3.8) is 0 Å². The third-order valence-electron chi connectivity index (χ3n) is 5.51. The lowest BCUT2D eigenvalue weighted by Crippen LogP contribution is -2.32. The van der Waals surface area contributed by atoms with Gasteiger partial charge < -0.3 is 9.80 Å². The van der Waals surface area contributed by atoms with Crippen LogP contribution in [0.3, 0.4) is 0 Å². The van der Waals surface area contributed by atoms with Crippen LogP contribution in [-0.4, -0.2) is 26.6 Å². The molecule has 0 aliphatic carbocycles. The van der Waals surface area contributed by atoms with E-state index in [2.05, 4.69) is 4.98 Å². The summed E-state index contributed by atoms with van der Waals surface area (Å²) in [5.74, 6) is -0.300. The van der Waals surface area contributed by atoms with Gasteiger partial charge in [0.2, 0.25) is 0 Å². The van der Waals surface area contributed by atoms with Gasteiger partial charge in [-0.15, -0.1) is 45.3 Å². The van der Waals surface area contributed by atoms with Crippen molar-refractivity contribution in [2.24, 2.45) is 0 Å². The van der Waals surface area contributed by atoms with Crippen molar-refractivity contribution in [1.82, 2.24) is 14.8 Å². The van der Waals surface area contributed by atoms with Gasteiger partial charge in [-0.2, -0.15) is 0 Å². The number of carbonyl (C=O) groups excluding carboxylic acids is 2. The smallest absolute Gasteiger partial charge is 0.273 e. The van der Waals surface area contributed by atoms with Crippen molar-refractivity contribution in [2.75, 3.05) is 0 Å². The quantitative estimate of drug-likeness (QED) is 0.188. The van der Waals surface area contributed by atoms with Crippen LogP contribution in [0, 0.1) is 0 Å². The monoisotopic (exact) mass is 549 g/mol. The van der Waals surface area contributed by atoms with Gasteiger partial charge in [0.05, 0.1) is 26.2 Å². The van der Waals surface area contributed by atoms with Crippen LogP contribution in [0.25, 0.3) is 0 Å². The highest BCUT2D eigenvalue weighted by molar-refractivity contribution is 7.10. The zero-order chi connectivity index (χ0) is 24.7. The lowest BCUT2D eigenvalue weighted by atomic mass is 10.1. The molecule has 5 aromatic heterocycles. The molecule has 0 unspecified atom stereocenters. The van der Waals surface area contributed by atoms with Gasteiger partial charge in [-0.25, -0.2) is 0 Å². The number of nitrogens with zero attached hydrogens (tertiary/aromatic N) is 3. The highest BCUT2D eigenvalue weighted by atomic mass is 32.1. The Morgan fingerprint density at radius 3 is 1.42 bits per heavy atom. The second-order valence-electron chi connectivity index (χ2n) is 8.07. The Hall–Kier alpha value is -3.11. The summed E-state index contributed by atoms with van der Waals surface area (Å²) in [6, 6.07) is 19.4. The Labute approximate surface area is 225 Å². The third-order valence-corrected chi connectivity index (χ3v) is 8.95. The van der Waals surface area contributed by atoms with Crippen LogP contribution >= 0.6 is 45.3 Å². The minimum atomic E-state index is -0.186. The highest BCUT2D eigenvalue weighted by Gasteiger charge is 2.23.